The van der Waals surface area contributed by atoms with Gasteiger partial charge in [0.2, 0.25) is 0 Å². The molecule has 1 rings (SSSR count). The topological polar surface area (TPSA) is 17.1 Å². The molecule has 0 saturated heterocycles. The number of benzene rings is 1. The highest BCUT2D eigenvalue weighted by Gasteiger charge is 2.31. The maximum absolute atomic E-state index is 13.2. The van der Waals surface area contributed by atoms with E-state index in [9.17, 15) is 22.4 Å². The monoisotopic (exact) mass is 254 g/mol. The molecular weight excluding hydrogens is 248 g/mol. The summed E-state index contributed by atoms with van der Waals surface area (Å²) in [4.78, 5) is 11.2. The van der Waals surface area contributed by atoms with Crippen LogP contribution < -0.4 is 0 Å². The van der Waals surface area contributed by atoms with Crippen LogP contribution >= 0.6 is 11.6 Å². The number of hydrogen-bond acceptors (Lipinski definition) is 1. The van der Waals surface area contributed by atoms with E-state index < -0.39 is 23.3 Å². The average molecular weight is 255 g/mol. The van der Waals surface area contributed by atoms with Crippen LogP contribution in [0.15, 0.2) is 18.2 Å². The fourth-order valence-electron chi connectivity index (χ4n) is 1.14. The Balaban J connectivity index is 3.05. The molecule has 0 N–H and O–H groups in total. The molecule has 0 saturated carbocycles. The number of ketones is 1. The van der Waals surface area contributed by atoms with Gasteiger partial charge in [0.1, 0.15) is 5.82 Å². The highest BCUT2D eigenvalue weighted by Crippen LogP contribution is 2.30. The summed E-state index contributed by atoms with van der Waals surface area (Å²) in [5, 5.41) is 0. The average Bonchev–Trinajstić information content (AvgIpc) is 2.16. The predicted molar refractivity (Wildman–Crippen MR) is 51.1 cm³/mol. The van der Waals surface area contributed by atoms with E-state index in [1.165, 1.54) is 0 Å². The van der Waals surface area contributed by atoms with E-state index in [1.807, 2.05) is 0 Å². The van der Waals surface area contributed by atoms with Crippen LogP contribution in [0.25, 0.3) is 0 Å². The first-order valence-corrected chi connectivity index (χ1v) is 4.85. The van der Waals surface area contributed by atoms with Crippen molar-refractivity contribution in [3.63, 3.8) is 0 Å². The Morgan fingerprint density at radius 3 is 2.38 bits per heavy atom. The normalized spacial score (nSPS) is 11.6. The van der Waals surface area contributed by atoms with Crippen molar-refractivity contribution in [2.24, 2.45) is 0 Å². The molecule has 1 aromatic carbocycles. The van der Waals surface area contributed by atoms with E-state index in [2.05, 4.69) is 0 Å². The van der Waals surface area contributed by atoms with Crippen molar-refractivity contribution >= 4 is 17.4 Å². The van der Waals surface area contributed by atoms with E-state index in [4.69, 9.17) is 11.6 Å². The van der Waals surface area contributed by atoms with E-state index in [0.29, 0.717) is 12.1 Å². The Hall–Kier alpha value is -1.10. The van der Waals surface area contributed by atoms with Gasteiger partial charge in [0.05, 0.1) is 11.1 Å². The van der Waals surface area contributed by atoms with Gasteiger partial charge in [0, 0.05) is 12.3 Å². The van der Waals surface area contributed by atoms with Crippen molar-refractivity contribution in [2.75, 3.05) is 5.88 Å². The molecule has 0 aliphatic carbocycles. The van der Waals surface area contributed by atoms with Gasteiger partial charge in [0.25, 0.3) is 0 Å². The molecule has 0 atom stereocenters. The molecule has 0 amide bonds. The number of hydrogen-bond donors (Lipinski definition) is 0. The Morgan fingerprint density at radius 1 is 1.31 bits per heavy atom. The third kappa shape index (κ3) is 2.95. The van der Waals surface area contributed by atoms with Crippen molar-refractivity contribution in [1.82, 2.24) is 0 Å². The van der Waals surface area contributed by atoms with E-state index in [-0.39, 0.29) is 17.9 Å². The zero-order chi connectivity index (χ0) is 12.3. The fraction of sp³-hybridized carbons (Fsp3) is 0.300. The summed E-state index contributed by atoms with van der Waals surface area (Å²) in [5.74, 6) is -1.79. The van der Waals surface area contributed by atoms with Gasteiger partial charge in [-0.25, -0.2) is 4.39 Å². The van der Waals surface area contributed by atoms with Crippen molar-refractivity contribution < 1.29 is 22.4 Å². The van der Waals surface area contributed by atoms with Crippen molar-refractivity contribution in [2.45, 2.75) is 12.6 Å². The van der Waals surface area contributed by atoms with Crippen LogP contribution in [0.3, 0.4) is 0 Å². The summed E-state index contributed by atoms with van der Waals surface area (Å²) in [6.45, 7) is 0. The minimum Gasteiger partial charge on any atom is -0.294 e. The minimum absolute atomic E-state index is 0.000699. The van der Waals surface area contributed by atoms with E-state index in [1.54, 1.807) is 0 Å². The van der Waals surface area contributed by atoms with Crippen molar-refractivity contribution in [3.8, 4) is 0 Å². The molecule has 0 heterocycles. The van der Waals surface area contributed by atoms with Crippen LogP contribution in [0.4, 0.5) is 17.6 Å². The van der Waals surface area contributed by atoms with Gasteiger partial charge in [-0.05, 0) is 18.2 Å². The minimum atomic E-state index is -4.62. The molecule has 0 fully saturated rings. The first-order chi connectivity index (χ1) is 7.36. The maximum atomic E-state index is 13.2. The number of carbonyl (C=O) groups excluding carboxylic acids is 1. The lowest BCUT2D eigenvalue weighted by Crippen LogP contribution is -2.09. The molecular formula is C10H7ClF4O. The van der Waals surface area contributed by atoms with Gasteiger partial charge in [-0.3, -0.25) is 4.79 Å². The molecule has 0 unspecified atom stereocenters. The highest BCUT2D eigenvalue weighted by molar-refractivity contribution is 6.19. The molecule has 0 aliphatic rings. The fourth-order valence-corrected chi connectivity index (χ4v) is 1.31. The van der Waals surface area contributed by atoms with Gasteiger partial charge < -0.3 is 0 Å². The van der Waals surface area contributed by atoms with Crippen LogP contribution in [0.2, 0.25) is 0 Å². The highest BCUT2D eigenvalue weighted by atomic mass is 35.5. The number of rotatable bonds is 3. The lowest BCUT2D eigenvalue weighted by atomic mass is 10.1. The summed E-state index contributed by atoms with van der Waals surface area (Å²) in [6, 6.07) is 1.80. The molecule has 0 bridgehead atoms. The molecule has 6 heteroatoms. The number of Topliss-reactive ketones (excluding diaryl/α,β-unsaturated/α-hetero) is 1. The molecule has 0 aromatic heterocycles. The molecule has 88 valence electrons. The van der Waals surface area contributed by atoms with Crippen LogP contribution in [0.1, 0.15) is 22.3 Å². The van der Waals surface area contributed by atoms with Gasteiger partial charge in [-0.2, -0.15) is 13.2 Å². The number of carbonyl (C=O) groups is 1. The Labute approximate surface area is 94.0 Å². The zero-order valence-electron chi connectivity index (χ0n) is 7.94. The second-order valence-corrected chi connectivity index (χ2v) is 3.43. The summed E-state index contributed by atoms with van der Waals surface area (Å²) in [7, 11) is 0. The molecule has 0 spiro atoms. The lowest BCUT2D eigenvalue weighted by molar-refractivity contribution is -0.137. The van der Waals surface area contributed by atoms with Gasteiger partial charge >= 0.3 is 6.18 Å². The smallest absolute Gasteiger partial charge is 0.294 e. The van der Waals surface area contributed by atoms with Crippen LogP contribution in [0, 0.1) is 5.82 Å². The Kier molecular flexibility index (Phi) is 3.91. The van der Waals surface area contributed by atoms with Gasteiger partial charge in [-0.1, -0.05) is 0 Å². The molecule has 16 heavy (non-hydrogen) atoms. The third-order valence-corrected chi connectivity index (χ3v) is 2.11. The SMILES string of the molecule is O=C(CCCl)c1ccc(C(F)(F)F)cc1F. The molecule has 1 aromatic rings. The van der Waals surface area contributed by atoms with Gasteiger partial charge in [0.15, 0.2) is 5.78 Å². The summed E-state index contributed by atoms with van der Waals surface area (Å²) in [6.07, 6.45) is -4.72. The zero-order valence-corrected chi connectivity index (χ0v) is 8.70. The second kappa shape index (κ2) is 4.82. The summed E-state index contributed by atoms with van der Waals surface area (Å²) in [5.41, 5.74) is -1.49. The quantitative estimate of drug-likeness (QED) is 0.457. The standard InChI is InChI=1S/C10H7ClF4O/c11-4-3-9(16)7-2-1-6(5-8(7)12)10(13,14)15/h1-2,5H,3-4H2. The Bertz CT molecular complexity index is 400. The summed E-state index contributed by atoms with van der Waals surface area (Å²) < 4.78 is 49.7. The van der Waals surface area contributed by atoms with Crippen LogP contribution in [0.5, 0.6) is 0 Å². The van der Waals surface area contributed by atoms with Gasteiger partial charge in [-0.15, -0.1) is 11.6 Å². The Morgan fingerprint density at radius 2 is 1.94 bits per heavy atom. The van der Waals surface area contributed by atoms with Crippen molar-refractivity contribution in [3.05, 3.63) is 35.1 Å². The number of halogens is 5. The maximum Gasteiger partial charge on any atom is 0.416 e. The lowest BCUT2D eigenvalue weighted by Gasteiger charge is -2.08. The molecule has 1 nitrogen and oxygen atoms in total. The number of alkyl halides is 4. The molecule has 0 aliphatic heterocycles. The first kappa shape index (κ1) is 13.0. The third-order valence-electron chi connectivity index (χ3n) is 1.92. The first-order valence-electron chi connectivity index (χ1n) is 4.32. The largest absolute Gasteiger partial charge is 0.416 e. The van der Waals surface area contributed by atoms with Crippen molar-refractivity contribution in [1.29, 1.82) is 0 Å². The molecule has 0 radical (unpaired) electrons. The predicted octanol–water partition coefficient (Wildman–Crippen LogP) is 3.66. The van der Waals surface area contributed by atoms with Crippen LogP contribution in [-0.2, 0) is 6.18 Å². The van der Waals surface area contributed by atoms with E-state index >= 15 is 0 Å². The van der Waals surface area contributed by atoms with E-state index in [0.717, 1.165) is 6.07 Å². The van der Waals surface area contributed by atoms with Crippen LogP contribution in [-0.4, -0.2) is 11.7 Å². The second-order valence-electron chi connectivity index (χ2n) is 3.05. The summed E-state index contributed by atoms with van der Waals surface area (Å²) >= 11 is 5.28.